The van der Waals surface area contributed by atoms with Gasteiger partial charge in [0.15, 0.2) is 0 Å². The van der Waals surface area contributed by atoms with Gasteiger partial charge >= 0.3 is 6.09 Å². The van der Waals surface area contributed by atoms with Gasteiger partial charge in [0.2, 0.25) is 5.95 Å². The molecule has 5 heteroatoms. The second kappa shape index (κ2) is 4.72. The first-order chi connectivity index (χ1) is 6.99. The second-order valence-electron chi connectivity index (χ2n) is 3.41. The summed E-state index contributed by atoms with van der Waals surface area (Å²) in [5, 5.41) is 2.45. The number of carbonyl (C=O) groups excluding carboxylic acids is 1. The van der Waals surface area contributed by atoms with Crippen LogP contribution in [0.15, 0.2) is 12.3 Å². The van der Waals surface area contributed by atoms with Gasteiger partial charge in [-0.25, -0.2) is 9.78 Å². The maximum atomic E-state index is 12.8. The summed E-state index contributed by atoms with van der Waals surface area (Å²) in [6, 6.07) is 1.49. The molecule has 0 aliphatic heterocycles. The molecule has 0 saturated heterocycles. The molecule has 1 aromatic rings. The molecule has 1 N–H and O–H groups in total. The van der Waals surface area contributed by atoms with Crippen LogP contribution in [0.5, 0.6) is 0 Å². The van der Waals surface area contributed by atoms with Gasteiger partial charge in [0, 0.05) is 5.56 Å². The van der Waals surface area contributed by atoms with E-state index >= 15 is 0 Å². The van der Waals surface area contributed by atoms with Crippen molar-refractivity contribution in [3.8, 4) is 0 Å². The zero-order valence-corrected chi connectivity index (χ0v) is 8.87. The Kier molecular flexibility index (Phi) is 3.60. The third-order valence-corrected chi connectivity index (χ3v) is 1.60. The van der Waals surface area contributed by atoms with Crippen LogP contribution in [-0.4, -0.2) is 17.2 Å². The lowest BCUT2D eigenvalue weighted by atomic mass is 10.3. The summed E-state index contributed by atoms with van der Waals surface area (Å²) in [4.78, 5) is 14.6. The van der Waals surface area contributed by atoms with Crippen molar-refractivity contribution >= 4 is 11.8 Å². The molecule has 0 atom stereocenters. The normalized spacial score (nSPS) is 10.2. The molecule has 0 unspecified atom stereocenters. The summed E-state index contributed by atoms with van der Waals surface area (Å²) in [6.07, 6.45) is 0.474. The van der Waals surface area contributed by atoms with Gasteiger partial charge in [-0.1, -0.05) is 0 Å². The average molecular weight is 212 g/mol. The number of anilines is 1. The van der Waals surface area contributed by atoms with Crippen molar-refractivity contribution in [2.24, 2.45) is 0 Å². The third-order valence-electron chi connectivity index (χ3n) is 1.60. The summed E-state index contributed by atoms with van der Waals surface area (Å²) < 4.78 is 17.6. The van der Waals surface area contributed by atoms with Crippen molar-refractivity contribution < 1.29 is 13.9 Å². The third kappa shape index (κ3) is 3.53. The Morgan fingerprint density at radius 2 is 2.27 bits per heavy atom. The van der Waals surface area contributed by atoms with E-state index in [-0.39, 0.29) is 6.10 Å². The van der Waals surface area contributed by atoms with Gasteiger partial charge in [-0.05, 0) is 26.8 Å². The number of aryl methyl sites for hydroxylation is 1. The molecule has 1 heterocycles. The van der Waals surface area contributed by atoms with Crippen LogP contribution in [0, 0.1) is 12.9 Å². The fraction of sp³-hybridized carbons (Fsp3) is 0.400. The Morgan fingerprint density at radius 1 is 1.60 bits per heavy atom. The first-order valence-corrected chi connectivity index (χ1v) is 4.59. The molecule has 15 heavy (non-hydrogen) atoms. The number of halogens is 1. The van der Waals surface area contributed by atoms with Gasteiger partial charge in [-0.3, -0.25) is 5.32 Å². The maximum Gasteiger partial charge on any atom is 0.411 e. The van der Waals surface area contributed by atoms with Crippen LogP contribution in [0.3, 0.4) is 0 Å². The van der Waals surface area contributed by atoms with Crippen LogP contribution < -0.4 is 5.32 Å². The molecular formula is C10H13FN2O2. The number of hydrogen-bond donors (Lipinski definition) is 1. The number of ether oxygens (including phenoxy) is 1. The topological polar surface area (TPSA) is 51.2 Å². The van der Waals surface area contributed by atoms with E-state index in [1.54, 1.807) is 20.8 Å². The highest BCUT2D eigenvalue weighted by molar-refractivity contribution is 5.84. The molecule has 0 radical (unpaired) electrons. The zero-order valence-electron chi connectivity index (χ0n) is 8.87. The van der Waals surface area contributed by atoms with Crippen LogP contribution in [-0.2, 0) is 4.74 Å². The smallest absolute Gasteiger partial charge is 0.411 e. The van der Waals surface area contributed by atoms with E-state index in [0.29, 0.717) is 11.3 Å². The Balaban J connectivity index is 2.65. The molecule has 0 aromatic carbocycles. The number of pyridine rings is 1. The first kappa shape index (κ1) is 11.4. The molecule has 0 fully saturated rings. The quantitative estimate of drug-likeness (QED) is 0.766. The minimum absolute atomic E-state index is 0.195. The molecular weight excluding hydrogens is 199 g/mol. The van der Waals surface area contributed by atoms with Crippen molar-refractivity contribution in [3.05, 3.63) is 23.8 Å². The molecule has 0 spiro atoms. The lowest BCUT2D eigenvalue weighted by molar-refractivity contribution is 0.130. The van der Waals surface area contributed by atoms with E-state index < -0.39 is 12.0 Å². The van der Waals surface area contributed by atoms with Crippen molar-refractivity contribution in [1.29, 1.82) is 0 Å². The molecule has 1 aromatic heterocycles. The van der Waals surface area contributed by atoms with Crippen molar-refractivity contribution in [2.75, 3.05) is 5.32 Å². The van der Waals surface area contributed by atoms with Crippen molar-refractivity contribution in [3.63, 3.8) is 0 Å². The number of nitrogens with one attached hydrogen (secondary N) is 1. The lowest BCUT2D eigenvalue weighted by Crippen LogP contribution is -2.18. The maximum absolute atomic E-state index is 12.8. The highest BCUT2D eigenvalue weighted by Gasteiger charge is 2.07. The summed E-state index contributed by atoms with van der Waals surface area (Å²) in [7, 11) is 0. The number of aromatic nitrogens is 1. The predicted octanol–water partition coefficient (Wildman–Crippen LogP) is 2.49. The Morgan fingerprint density at radius 3 is 2.80 bits per heavy atom. The Labute approximate surface area is 87.5 Å². The zero-order chi connectivity index (χ0) is 11.4. The molecule has 0 saturated carbocycles. The second-order valence-corrected chi connectivity index (χ2v) is 3.41. The molecule has 0 bridgehead atoms. The highest BCUT2D eigenvalue weighted by atomic mass is 19.1. The van der Waals surface area contributed by atoms with E-state index in [4.69, 9.17) is 4.74 Å². The van der Waals surface area contributed by atoms with Gasteiger partial charge in [0.05, 0.1) is 18.0 Å². The Bertz CT molecular complexity index is 366. The minimum atomic E-state index is -0.571. The van der Waals surface area contributed by atoms with E-state index in [2.05, 4.69) is 10.3 Å². The number of hydrogen-bond acceptors (Lipinski definition) is 3. The molecule has 4 nitrogen and oxygen atoms in total. The van der Waals surface area contributed by atoms with Gasteiger partial charge in [-0.15, -0.1) is 0 Å². The molecule has 82 valence electrons. The standard InChI is InChI=1S/C10H13FN2O2/c1-6(2)15-10(14)13-8-4-7(3)9(11)12-5-8/h4-6H,1-3H3,(H,13,14). The number of nitrogens with zero attached hydrogens (tertiary/aromatic N) is 1. The van der Waals surface area contributed by atoms with Gasteiger partial charge < -0.3 is 4.74 Å². The van der Waals surface area contributed by atoms with Gasteiger partial charge in [-0.2, -0.15) is 4.39 Å². The summed E-state index contributed by atoms with van der Waals surface area (Å²) in [5.74, 6) is -0.544. The van der Waals surface area contributed by atoms with Crippen LogP contribution in [0.25, 0.3) is 0 Å². The first-order valence-electron chi connectivity index (χ1n) is 4.59. The summed E-state index contributed by atoms with van der Waals surface area (Å²) >= 11 is 0. The van der Waals surface area contributed by atoms with Crippen molar-refractivity contribution in [2.45, 2.75) is 26.9 Å². The minimum Gasteiger partial charge on any atom is -0.447 e. The molecule has 1 amide bonds. The monoisotopic (exact) mass is 212 g/mol. The lowest BCUT2D eigenvalue weighted by Gasteiger charge is -2.09. The fourth-order valence-corrected chi connectivity index (χ4v) is 0.988. The molecule has 0 aliphatic carbocycles. The van der Waals surface area contributed by atoms with Crippen LogP contribution in [0.2, 0.25) is 0 Å². The number of amides is 1. The predicted molar refractivity (Wildman–Crippen MR) is 54.2 cm³/mol. The van der Waals surface area contributed by atoms with Crippen LogP contribution >= 0.6 is 0 Å². The highest BCUT2D eigenvalue weighted by Crippen LogP contribution is 2.11. The largest absolute Gasteiger partial charge is 0.447 e. The average Bonchev–Trinajstić information content (AvgIpc) is 2.10. The Hall–Kier alpha value is -1.65. The van der Waals surface area contributed by atoms with E-state index in [1.807, 2.05) is 0 Å². The van der Waals surface area contributed by atoms with E-state index in [9.17, 15) is 9.18 Å². The summed E-state index contributed by atoms with van der Waals surface area (Å²) in [5.41, 5.74) is 0.789. The SMILES string of the molecule is Cc1cc(NC(=O)OC(C)C)cnc1F. The van der Waals surface area contributed by atoms with Crippen LogP contribution in [0.4, 0.5) is 14.9 Å². The van der Waals surface area contributed by atoms with E-state index in [0.717, 1.165) is 0 Å². The van der Waals surface area contributed by atoms with Gasteiger partial charge in [0.25, 0.3) is 0 Å². The van der Waals surface area contributed by atoms with E-state index in [1.165, 1.54) is 12.3 Å². The molecule has 0 aliphatic rings. The fourth-order valence-electron chi connectivity index (χ4n) is 0.988. The van der Waals surface area contributed by atoms with Crippen molar-refractivity contribution in [1.82, 2.24) is 4.98 Å². The molecule has 1 rings (SSSR count). The number of rotatable bonds is 2. The van der Waals surface area contributed by atoms with Gasteiger partial charge in [0.1, 0.15) is 0 Å². The summed E-state index contributed by atoms with van der Waals surface area (Å²) in [6.45, 7) is 5.06. The number of carbonyl (C=O) groups is 1. The van der Waals surface area contributed by atoms with Crippen LogP contribution in [0.1, 0.15) is 19.4 Å².